The van der Waals surface area contributed by atoms with Crippen molar-refractivity contribution in [3.05, 3.63) is 28.8 Å². The van der Waals surface area contributed by atoms with Crippen LogP contribution in [-0.2, 0) is 6.54 Å². The summed E-state index contributed by atoms with van der Waals surface area (Å²) in [5, 5.41) is 4.02. The zero-order chi connectivity index (χ0) is 12.4. The number of nitrogens with one attached hydrogen (secondary N) is 1. The molecule has 2 rings (SSSR count). The molecular weight excluding hydrogens is 232 g/mol. The quantitative estimate of drug-likeness (QED) is 0.866. The van der Waals surface area contributed by atoms with Gasteiger partial charge in [0, 0.05) is 30.8 Å². The molecule has 17 heavy (non-hydrogen) atoms. The summed E-state index contributed by atoms with van der Waals surface area (Å²) in [6, 6.07) is 6.15. The fraction of sp³-hybridized carbons (Fsp3) is 0.571. The van der Waals surface area contributed by atoms with E-state index in [-0.39, 0.29) is 0 Å². The number of nitrogens with zero attached hydrogens (tertiary/aromatic N) is 1. The van der Waals surface area contributed by atoms with E-state index >= 15 is 0 Å². The van der Waals surface area contributed by atoms with Gasteiger partial charge in [0.15, 0.2) is 0 Å². The van der Waals surface area contributed by atoms with Crippen LogP contribution in [0.25, 0.3) is 0 Å². The summed E-state index contributed by atoms with van der Waals surface area (Å²) < 4.78 is 0. The van der Waals surface area contributed by atoms with Gasteiger partial charge in [0.05, 0.1) is 0 Å². The van der Waals surface area contributed by atoms with Crippen molar-refractivity contribution in [2.75, 3.05) is 25.5 Å². The molecule has 0 bridgehead atoms. The summed E-state index contributed by atoms with van der Waals surface area (Å²) in [7, 11) is 4.14. The first kappa shape index (κ1) is 12.7. The largest absolute Gasteiger partial charge is 0.374 e. The summed E-state index contributed by atoms with van der Waals surface area (Å²) in [6.45, 7) is 4.35. The minimum atomic E-state index is 0.815. The Morgan fingerprint density at radius 3 is 2.76 bits per heavy atom. The van der Waals surface area contributed by atoms with Gasteiger partial charge in [-0.15, -0.1) is 0 Å². The van der Waals surface area contributed by atoms with E-state index < -0.39 is 0 Å². The van der Waals surface area contributed by atoms with E-state index in [0.717, 1.165) is 29.9 Å². The summed E-state index contributed by atoms with van der Waals surface area (Å²) in [4.78, 5) is 2.34. The molecule has 1 aliphatic carbocycles. The smallest absolute Gasteiger partial charge is 0.0426 e. The lowest BCUT2D eigenvalue weighted by Crippen LogP contribution is -2.23. The third kappa shape index (κ3) is 3.14. The van der Waals surface area contributed by atoms with Crippen LogP contribution < -0.4 is 10.2 Å². The van der Waals surface area contributed by atoms with Crippen molar-refractivity contribution in [1.29, 1.82) is 0 Å². The topological polar surface area (TPSA) is 15.3 Å². The van der Waals surface area contributed by atoms with Crippen LogP contribution in [0.2, 0.25) is 5.02 Å². The van der Waals surface area contributed by atoms with Gasteiger partial charge >= 0.3 is 0 Å². The van der Waals surface area contributed by atoms with Crippen LogP contribution in [0.4, 0.5) is 5.69 Å². The molecule has 2 unspecified atom stereocenters. The summed E-state index contributed by atoms with van der Waals surface area (Å²) in [5.41, 5.74) is 2.57. The molecular formula is C14H21ClN2. The van der Waals surface area contributed by atoms with E-state index in [9.17, 15) is 0 Å². The lowest BCUT2D eigenvalue weighted by molar-refractivity contribution is 0.719. The van der Waals surface area contributed by atoms with Gasteiger partial charge in [-0.05, 0) is 43.0 Å². The lowest BCUT2D eigenvalue weighted by atomic mass is 10.1. The van der Waals surface area contributed by atoms with Gasteiger partial charge in [-0.1, -0.05) is 24.6 Å². The molecule has 1 aromatic carbocycles. The van der Waals surface area contributed by atoms with Crippen LogP contribution >= 0.6 is 11.6 Å². The molecule has 0 heterocycles. The number of hydrogen-bond acceptors (Lipinski definition) is 2. The third-order valence-corrected chi connectivity index (χ3v) is 3.85. The summed E-state index contributed by atoms with van der Waals surface area (Å²) in [5.74, 6) is 1.76. The Morgan fingerprint density at radius 2 is 2.18 bits per heavy atom. The molecule has 1 fully saturated rings. The van der Waals surface area contributed by atoms with Crippen LogP contribution in [-0.4, -0.2) is 20.6 Å². The van der Waals surface area contributed by atoms with Crippen molar-refractivity contribution in [2.24, 2.45) is 11.8 Å². The Balaban J connectivity index is 2.13. The van der Waals surface area contributed by atoms with Gasteiger partial charge in [0.2, 0.25) is 0 Å². The van der Waals surface area contributed by atoms with Crippen LogP contribution in [0.5, 0.6) is 0 Å². The number of rotatable bonds is 5. The van der Waals surface area contributed by atoms with Crippen molar-refractivity contribution >= 4 is 17.3 Å². The average Bonchev–Trinajstić information content (AvgIpc) is 2.97. The third-order valence-electron chi connectivity index (χ3n) is 3.61. The minimum absolute atomic E-state index is 0.815. The zero-order valence-corrected chi connectivity index (χ0v) is 11.6. The normalized spacial score (nSPS) is 22.6. The van der Waals surface area contributed by atoms with Gasteiger partial charge in [-0.25, -0.2) is 0 Å². The number of hydrogen-bond donors (Lipinski definition) is 1. The van der Waals surface area contributed by atoms with E-state index in [4.69, 9.17) is 11.6 Å². The van der Waals surface area contributed by atoms with E-state index in [1.54, 1.807) is 0 Å². The molecule has 0 aliphatic heterocycles. The molecule has 0 radical (unpaired) electrons. The first-order valence-corrected chi connectivity index (χ1v) is 6.63. The Hall–Kier alpha value is -0.730. The molecule has 2 atom stereocenters. The first-order valence-electron chi connectivity index (χ1n) is 6.26. The van der Waals surface area contributed by atoms with Gasteiger partial charge < -0.3 is 10.2 Å². The highest BCUT2D eigenvalue weighted by atomic mass is 35.5. The van der Waals surface area contributed by atoms with Crippen LogP contribution in [0.3, 0.4) is 0 Å². The Bertz CT molecular complexity index is 392. The highest BCUT2D eigenvalue weighted by molar-refractivity contribution is 6.30. The summed E-state index contributed by atoms with van der Waals surface area (Å²) >= 11 is 6.09. The SMILES string of the molecule is CNCc1ccc(Cl)cc1N(C)CC1CC1C. The molecule has 0 spiro atoms. The highest BCUT2D eigenvalue weighted by Crippen LogP contribution is 2.39. The maximum absolute atomic E-state index is 6.09. The molecule has 94 valence electrons. The monoisotopic (exact) mass is 252 g/mol. The number of halogens is 1. The molecule has 3 heteroatoms. The molecule has 1 N–H and O–H groups in total. The maximum atomic E-state index is 6.09. The van der Waals surface area contributed by atoms with Crippen molar-refractivity contribution in [2.45, 2.75) is 19.9 Å². The van der Waals surface area contributed by atoms with E-state index in [2.05, 4.69) is 36.3 Å². The fourth-order valence-electron chi connectivity index (χ4n) is 2.34. The van der Waals surface area contributed by atoms with E-state index in [1.807, 2.05) is 13.1 Å². The van der Waals surface area contributed by atoms with Gasteiger partial charge in [-0.3, -0.25) is 0 Å². The lowest BCUT2D eigenvalue weighted by Gasteiger charge is -2.23. The van der Waals surface area contributed by atoms with Crippen LogP contribution in [0, 0.1) is 11.8 Å². The molecule has 2 nitrogen and oxygen atoms in total. The second-order valence-corrected chi connectivity index (χ2v) is 5.59. The molecule has 0 aromatic heterocycles. The predicted molar refractivity (Wildman–Crippen MR) is 74.8 cm³/mol. The predicted octanol–water partition coefficient (Wildman–Crippen LogP) is 3.15. The van der Waals surface area contributed by atoms with E-state index in [0.29, 0.717) is 0 Å². The molecule has 1 saturated carbocycles. The fourth-order valence-corrected chi connectivity index (χ4v) is 2.50. The van der Waals surface area contributed by atoms with Crippen molar-refractivity contribution in [3.63, 3.8) is 0 Å². The van der Waals surface area contributed by atoms with Crippen LogP contribution in [0.15, 0.2) is 18.2 Å². The molecule has 0 amide bonds. The first-order chi connectivity index (χ1) is 8.11. The van der Waals surface area contributed by atoms with Crippen molar-refractivity contribution < 1.29 is 0 Å². The van der Waals surface area contributed by atoms with Crippen LogP contribution in [0.1, 0.15) is 18.9 Å². The average molecular weight is 253 g/mol. The molecule has 1 aliphatic rings. The van der Waals surface area contributed by atoms with Crippen molar-refractivity contribution in [3.8, 4) is 0 Å². The second-order valence-electron chi connectivity index (χ2n) is 5.16. The highest BCUT2D eigenvalue weighted by Gasteiger charge is 2.33. The van der Waals surface area contributed by atoms with Crippen molar-refractivity contribution in [1.82, 2.24) is 5.32 Å². The molecule has 0 saturated heterocycles. The standard InChI is InChI=1S/C14H21ClN2/c1-10-6-12(10)9-17(3)14-7-13(15)5-4-11(14)8-16-2/h4-5,7,10,12,16H,6,8-9H2,1-3H3. The minimum Gasteiger partial charge on any atom is -0.374 e. The van der Waals surface area contributed by atoms with E-state index in [1.165, 1.54) is 17.7 Å². The Labute approximate surface area is 109 Å². The zero-order valence-electron chi connectivity index (χ0n) is 10.8. The Morgan fingerprint density at radius 1 is 1.47 bits per heavy atom. The maximum Gasteiger partial charge on any atom is 0.0426 e. The Kier molecular flexibility index (Phi) is 3.95. The van der Waals surface area contributed by atoms with Gasteiger partial charge in [-0.2, -0.15) is 0 Å². The van der Waals surface area contributed by atoms with Gasteiger partial charge in [0.1, 0.15) is 0 Å². The second kappa shape index (κ2) is 5.28. The molecule has 1 aromatic rings. The number of anilines is 1. The number of benzene rings is 1. The summed E-state index contributed by atoms with van der Waals surface area (Å²) in [6.07, 6.45) is 1.37. The van der Waals surface area contributed by atoms with Gasteiger partial charge in [0.25, 0.3) is 0 Å².